The minimum absolute atomic E-state index is 0.00201. The van der Waals surface area contributed by atoms with Gasteiger partial charge in [-0.05, 0) is 56.2 Å². The molecule has 0 saturated carbocycles. The summed E-state index contributed by atoms with van der Waals surface area (Å²) in [5.41, 5.74) is 0.969. The average molecular weight is 479 g/mol. The number of nitriles is 1. The molecule has 2 aliphatic heterocycles. The van der Waals surface area contributed by atoms with E-state index in [0.717, 1.165) is 44.3 Å². The van der Waals surface area contributed by atoms with Crippen LogP contribution in [0.25, 0.3) is 0 Å². The van der Waals surface area contributed by atoms with Gasteiger partial charge in [-0.2, -0.15) is 5.26 Å². The smallest absolute Gasteiger partial charge is 0.245 e. The highest BCUT2D eigenvalue weighted by atomic mass is 35.5. The van der Waals surface area contributed by atoms with Gasteiger partial charge in [0.1, 0.15) is 6.04 Å². The first-order valence-corrected chi connectivity index (χ1v) is 11.7. The minimum atomic E-state index is -0.534. The monoisotopic (exact) mass is 478 g/mol. The van der Waals surface area contributed by atoms with Crippen LogP contribution >= 0.6 is 23.2 Å². The fourth-order valence-electron chi connectivity index (χ4n) is 3.96. The standard InChI is InChI=1S/C22H28Cl2N6O2/c23-17-7-6-16(13-18(17)24)8-9-26-22(27-15-25)28-19-5-1-2-12-30(21(19)32)14-20(31)29-10-3-4-11-29/h6-7,13,19H,1-5,8-12,14H2,(H2,26,27,28)/t19-/m0/s1. The van der Waals surface area contributed by atoms with Crippen molar-refractivity contribution in [1.29, 1.82) is 5.26 Å². The molecule has 172 valence electrons. The van der Waals surface area contributed by atoms with E-state index in [1.165, 1.54) is 0 Å². The van der Waals surface area contributed by atoms with Gasteiger partial charge in [0.05, 0.1) is 16.6 Å². The molecule has 1 atom stereocenters. The van der Waals surface area contributed by atoms with Crippen molar-refractivity contribution in [3.05, 3.63) is 33.8 Å². The van der Waals surface area contributed by atoms with Crippen LogP contribution in [0.15, 0.2) is 23.2 Å². The first-order chi connectivity index (χ1) is 15.5. The second-order valence-corrected chi connectivity index (χ2v) is 8.82. The zero-order chi connectivity index (χ0) is 22.9. The molecule has 2 saturated heterocycles. The van der Waals surface area contributed by atoms with Crippen molar-refractivity contribution in [2.45, 2.75) is 44.6 Å². The Balaban J connectivity index is 1.60. The molecule has 2 aliphatic rings. The molecule has 2 N–H and O–H groups in total. The highest BCUT2D eigenvalue weighted by Crippen LogP contribution is 2.22. The van der Waals surface area contributed by atoms with Crippen molar-refractivity contribution in [3.8, 4) is 6.19 Å². The number of likely N-dealkylation sites (tertiary alicyclic amines) is 2. The van der Waals surface area contributed by atoms with Gasteiger partial charge >= 0.3 is 0 Å². The van der Waals surface area contributed by atoms with Gasteiger partial charge in [0, 0.05) is 26.2 Å². The van der Waals surface area contributed by atoms with E-state index in [-0.39, 0.29) is 24.3 Å². The topological polar surface area (TPSA) is 101 Å². The summed E-state index contributed by atoms with van der Waals surface area (Å²) >= 11 is 12.0. The van der Waals surface area contributed by atoms with Gasteiger partial charge in [-0.15, -0.1) is 0 Å². The van der Waals surface area contributed by atoms with Gasteiger partial charge in [0.2, 0.25) is 17.8 Å². The molecule has 0 unspecified atom stereocenters. The van der Waals surface area contributed by atoms with Gasteiger partial charge in [0.15, 0.2) is 6.19 Å². The highest BCUT2D eigenvalue weighted by Gasteiger charge is 2.30. The van der Waals surface area contributed by atoms with E-state index in [1.807, 2.05) is 17.2 Å². The Bertz CT molecular complexity index is 895. The Morgan fingerprint density at radius 1 is 1.16 bits per heavy atom. The predicted octanol–water partition coefficient (Wildman–Crippen LogP) is 2.56. The van der Waals surface area contributed by atoms with E-state index in [0.29, 0.717) is 36.0 Å². The zero-order valence-corrected chi connectivity index (χ0v) is 19.5. The Labute approximate surface area is 198 Å². The van der Waals surface area contributed by atoms with Crippen molar-refractivity contribution in [3.63, 3.8) is 0 Å². The van der Waals surface area contributed by atoms with Crippen LogP contribution in [0.5, 0.6) is 0 Å². The minimum Gasteiger partial charge on any atom is -0.344 e. The zero-order valence-electron chi connectivity index (χ0n) is 17.9. The fourth-order valence-corrected chi connectivity index (χ4v) is 4.28. The maximum Gasteiger partial charge on any atom is 0.245 e. The van der Waals surface area contributed by atoms with E-state index >= 15 is 0 Å². The van der Waals surface area contributed by atoms with Gasteiger partial charge in [0.25, 0.3) is 0 Å². The molecule has 0 aliphatic carbocycles. The van der Waals surface area contributed by atoms with Gasteiger partial charge < -0.3 is 15.1 Å². The second-order valence-electron chi connectivity index (χ2n) is 8.01. The molecule has 3 rings (SSSR count). The first kappa shape index (κ1) is 24.1. The van der Waals surface area contributed by atoms with Crippen LogP contribution in [0.4, 0.5) is 0 Å². The fraction of sp³-hybridized carbons (Fsp3) is 0.545. The third-order valence-electron chi connectivity index (χ3n) is 5.71. The maximum atomic E-state index is 13.1. The van der Waals surface area contributed by atoms with E-state index < -0.39 is 6.04 Å². The summed E-state index contributed by atoms with van der Waals surface area (Å²) in [6.45, 7) is 2.60. The van der Waals surface area contributed by atoms with Crippen LogP contribution in [0.1, 0.15) is 37.7 Å². The van der Waals surface area contributed by atoms with Crippen LogP contribution in [-0.4, -0.2) is 66.3 Å². The van der Waals surface area contributed by atoms with Crippen LogP contribution < -0.4 is 10.6 Å². The number of halogens is 2. The SMILES string of the molecule is N#CNC(=NCCc1ccc(Cl)c(Cl)c1)N[C@H]1CCCCN(CC(=O)N2CCCC2)C1=O. The summed E-state index contributed by atoms with van der Waals surface area (Å²) in [5, 5.41) is 15.7. The molecule has 2 fully saturated rings. The second kappa shape index (κ2) is 11.9. The van der Waals surface area contributed by atoms with Crippen LogP contribution in [0.3, 0.4) is 0 Å². The summed E-state index contributed by atoms with van der Waals surface area (Å²) in [5.74, 6) is 0.118. The summed E-state index contributed by atoms with van der Waals surface area (Å²) in [6.07, 6.45) is 6.81. The number of amides is 2. The Morgan fingerprint density at radius 2 is 1.91 bits per heavy atom. The van der Waals surface area contributed by atoms with Gasteiger partial charge in [-0.25, -0.2) is 0 Å². The molecule has 0 aromatic heterocycles. The van der Waals surface area contributed by atoms with Crippen molar-refractivity contribution < 1.29 is 9.59 Å². The summed E-state index contributed by atoms with van der Waals surface area (Å²) < 4.78 is 0. The Kier molecular flexibility index (Phi) is 9.00. The number of rotatable bonds is 6. The number of benzene rings is 1. The molecule has 2 amide bonds. The lowest BCUT2D eigenvalue weighted by Gasteiger charge is -2.27. The molecule has 1 aromatic rings. The highest BCUT2D eigenvalue weighted by molar-refractivity contribution is 6.42. The van der Waals surface area contributed by atoms with Crippen molar-refractivity contribution in [2.24, 2.45) is 4.99 Å². The summed E-state index contributed by atoms with van der Waals surface area (Å²) in [4.78, 5) is 33.5. The average Bonchev–Trinajstić information content (AvgIpc) is 3.26. The number of nitrogens with zero attached hydrogens (tertiary/aromatic N) is 4. The lowest BCUT2D eigenvalue weighted by atomic mass is 10.1. The summed E-state index contributed by atoms with van der Waals surface area (Å²) in [6, 6.07) is 4.86. The third-order valence-corrected chi connectivity index (χ3v) is 6.44. The molecule has 0 spiro atoms. The van der Waals surface area contributed by atoms with Gasteiger partial charge in [-0.1, -0.05) is 29.3 Å². The van der Waals surface area contributed by atoms with Crippen molar-refractivity contribution in [2.75, 3.05) is 32.7 Å². The number of guanidine groups is 1. The van der Waals surface area contributed by atoms with Crippen molar-refractivity contribution in [1.82, 2.24) is 20.4 Å². The lowest BCUT2D eigenvalue weighted by Crippen LogP contribution is -2.52. The number of hydrogen-bond acceptors (Lipinski definition) is 4. The van der Waals surface area contributed by atoms with Crippen LogP contribution in [-0.2, 0) is 16.0 Å². The lowest BCUT2D eigenvalue weighted by molar-refractivity contribution is -0.140. The molecular formula is C22H28Cl2N6O2. The molecular weight excluding hydrogens is 451 g/mol. The third kappa shape index (κ3) is 6.75. The molecule has 0 radical (unpaired) electrons. The van der Waals surface area contributed by atoms with E-state index in [1.54, 1.807) is 17.0 Å². The maximum absolute atomic E-state index is 13.1. The Hall–Kier alpha value is -2.50. The molecule has 8 nitrogen and oxygen atoms in total. The number of hydrogen-bond donors (Lipinski definition) is 2. The molecule has 1 aromatic carbocycles. The van der Waals surface area contributed by atoms with Crippen LogP contribution in [0, 0.1) is 11.5 Å². The first-order valence-electron chi connectivity index (χ1n) is 10.9. The number of aliphatic imine (C=N–C) groups is 1. The normalized spacial score (nSPS) is 19.5. The predicted molar refractivity (Wildman–Crippen MR) is 124 cm³/mol. The van der Waals surface area contributed by atoms with Crippen molar-refractivity contribution >= 4 is 41.0 Å². The molecule has 0 bridgehead atoms. The van der Waals surface area contributed by atoms with Gasteiger partial charge in [-0.3, -0.25) is 19.9 Å². The van der Waals surface area contributed by atoms with E-state index in [9.17, 15) is 9.59 Å². The van der Waals surface area contributed by atoms with Crippen LogP contribution in [0.2, 0.25) is 10.0 Å². The van der Waals surface area contributed by atoms with E-state index in [4.69, 9.17) is 28.5 Å². The summed E-state index contributed by atoms with van der Waals surface area (Å²) in [7, 11) is 0. The van der Waals surface area contributed by atoms with E-state index in [2.05, 4.69) is 15.6 Å². The number of nitrogens with one attached hydrogen (secondary N) is 2. The quantitative estimate of drug-likeness (QED) is 0.283. The Morgan fingerprint density at radius 3 is 2.62 bits per heavy atom. The largest absolute Gasteiger partial charge is 0.344 e. The molecule has 10 heteroatoms. The number of carbonyl (C=O) groups excluding carboxylic acids is 2. The molecule has 2 heterocycles. The number of carbonyl (C=O) groups is 2. The molecule has 32 heavy (non-hydrogen) atoms.